The van der Waals surface area contributed by atoms with Crippen LogP contribution >= 0.6 is 11.3 Å². The number of thiophene rings is 1. The molecule has 0 radical (unpaired) electrons. The fourth-order valence-corrected chi connectivity index (χ4v) is 2.42. The lowest BCUT2D eigenvalue weighted by Gasteiger charge is -2.10. The molecule has 0 atom stereocenters. The van der Waals surface area contributed by atoms with Crippen molar-refractivity contribution >= 4 is 28.4 Å². The van der Waals surface area contributed by atoms with Crippen molar-refractivity contribution in [3.63, 3.8) is 0 Å². The van der Waals surface area contributed by atoms with Gasteiger partial charge in [-0.05, 0) is 23.6 Å². The first kappa shape index (κ1) is 15.1. The number of alkyl halides is 3. The predicted molar refractivity (Wildman–Crippen MR) is 74.2 cm³/mol. The zero-order chi connectivity index (χ0) is 15.6. The number of anilines is 2. The number of nitro groups is 1. The van der Waals surface area contributed by atoms with Gasteiger partial charge < -0.3 is 11.1 Å². The van der Waals surface area contributed by atoms with Gasteiger partial charge in [0.2, 0.25) is 0 Å². The first-order valence-corrected chi connectivity index (χ1v) is 6.58. The summed E-state index contributed by atoms with van der Waals surface area (Å²) in [4.78, 5) is 10.8. The quantitative estimate of drug-likeness (QED) is 0.662. The van der Waals surface area contributed by atoms with E-state index in [0.717, 1.165) is 17.0 Å². The summed E-state index contributed by atoms with van der Waals surface area (Å²) < 4.78 is 37.7. The average molecular weight is 317 g/mol. The van der Waals surface area contributed by atoms with Crippen LogP contribution in [0.15, 0.2) is 29.6 Å². The van der Waals surface area contributed by atoms with Crippen LogP contribution in [0.4, 0.5) is 30.2 Å². The van der Waals surface area contributed by atoms with Crippen molar-refractivity contribution in [2.75, 3.05) is 11.1 Å². The summed E-state index contributed by atoms with van der Waals surface area (Å²) in [6, 6.07) is 4.04. The fourth-order valence-electron chi connectivity index (χ4n) is 1.68. The maximum Gasteiger partial charge on any atom is 0.416 e. The minimum absolute atomic E-state index is 0.0146. The van der Waals surface area contributed by atoms with E-state index in [4.69, 9.17) is 5.73 Å². The maximum absolute atomic E-state index is 12.6. The van der Waals surface area contributed by atoms with Gasteiger partial charge >= 0.3 is 6.18 Å². The number of nitrogens with zero attached hydrogens (tertiary/aromatic N) is 1. The molecular weight excluding hydrogens is 307 g/mol. The molecule has 0 aliphatic carbocycles. The molecule has 1 aromatic heterocycles. The van der Waals surface area contributed by atoms with Crippen LogP contribution in [0, 0.1) is 10.1 Å². The fraction of sp³-hybridized carbons (Fsp3) is 0.167. The van der Waals surface area contributed by atoms with Gasteiger partial charge in [0.1, 0.15) is 5.69 Å². The molecule has 0 saturated heterocycles. The molecule has 3 N–H and O–H groups in total. The number of nitrogens with one attached hydrogen (secondary N) is 1. The number of nitro benzene ring substituents is 1. The van der Waals surface area contributed by atoms with Gasteiger partial charge in [-0.1, -0.05) is 0 Å². The van der Waals surface area contributed by atoms with Crippen molar-refractivity contribution in [2.45, 2.75) is 12.7 Å². The third-order valence-electron chi connectivity index (χ3n) is 2.74. The Morgan fingerprint density at radius 2 is 2.05 bits per heavy atom. The molecule has 2 aromatic rings. The first-order chi connectivity index (χ1) is 9.79. The van der Waals surface area contributed by atoms with Gasteiger partial charge in [-0.2, -0.15) is 13.2 Å². The van der Waals surface area contributed by atoms with Crippen molar-refractivity contribution in [3.8, 4) is 0 Å². The van der Waals surface area contributed by atoms with Crippen LogP contribution in [0.5, 0.6) is 0 Å². The van der Waals surface area contributed by atoms with E-state index >= 15 is 0 Å². The monoisotopic (exact) mass is 317 g/mol. The molecule has 0 bridgehead atoms. The molecule has 2 rings (SSSR count). The molecule has 0 spiro atoms. The average Bonchev–Trinajstić information content (AvgIpc) is 2.80. The third-order valence-corrected chi connectivity index (χ3v) is 3.68. The molecule has 5 nitrogen and oxygen atoms in total. The highest BCUT2D eigenvalue weighted by molar-refractivity contribution is 7.10. The second-order valence-corrected chi connectivity index (χ2v) is 5.14. The Morgan fingerprint density at radius 3 is 2.57 bits per heavy atom. The van der Waals surface area contributed by atoms with E-state index < -0.39 is 22.4 Å². The summed E-state index contributed by atoms with van der Waals surface area (Å²) in [5.74, 6) is 0. The van der Waals surface area contributed by atoms with Crippen LogP contribution in [-0.4, -0.2) is 4.92 Å². The molecule has 0 aliphatic rings. The second-order valence-electron chi connectivity index (χ2n) is 4.14. The number of hydrogen-bond acceptors (Lipinski definition) is 5. The van der Waals surface area contributed by atoms with Gasteiger partial charge in [0, 0.05) is 16.6 Å². The summed E-state index contributed by atoms with van der Waals surface area (Å²) in [7, 11) is 0. The number of benzene rings is 1. The standard InChI is InChI=1S/C12H10F3N3O2S/c13-12(14,15)7-1-2-9(10(5-7)18(19)20)17-6-11-8(16)3-4-21-11/h1-5,17H,6,16H2. The van der Waals surface area contributed by atoms with Gasteiger partial charge in [0.05, 0.1) is 17.0 Å². The molecule has 0 saturated carbocycles. The molecule has 1 heterocycles. The molecular formula is C12H10F3N3O2S. The van der Waals surface area contributed by atoms with E-state index in [1.54, 1.807) is 11.4 Å². The van der Waals surface area contributed by atoms with Crippen LogP contribution in [-0.2, 0) is 12.7 Å². The molecule has 21 heavy (non-hydrogen) atoms. The van der Waals surface area contributed by atoms with Crippen LogP contribution in [0.3, 0.4) is 0 Å². The normalized spacial score (nSPS) is 11.4. The zero-order valence-corrected chi connectivity index (χ0v) is 11.3. The molecule has 0 fully saturated rings. The van der Waals surface area contributed by atoms with E-state index in [2.05, 4.69) is 5.32 Å². The number of halogens is 3. The first-order valence-electron chi connectivity index (χ1n) is 5.70. The van der Waals surface area contributed by atoms with E-state index in [1.165, 1.54) is 11.3 Å². The van der Waals surface area contributed by atoms with E-state index in [9.17, 15) is 23.3 Å². The Labute approximate surface area is 121 Å². The summed E-state index contributed by atoms with van der Waals surface area (Å²) in [5, 5.41) is 15.4. The lowest BCUT2D eigenvalue weighted by Crippen LogP contribution is -2.08. The Kier molecular flexibility index (Phi) is 4.03. The Hall–Kier alpha value is -2.29. The van der Waals surface area contributed by atoms with Crippen LogP contribution in [0.2, 0.25) is 0 Å². The lowest BCUT2D eigenvalue weighted by molar-refractivity contribution is -0.384. The summed E-state index contributed by atoms with van der Waals surface area (Å²) in [6.45, 7) is 0.204. The maximum atomic E-state index is 12.6. The van der Waals surface area contributed by atoms with Crippen LogP contribution < -0.4 is 11.1 Å². The Balaban J connectivity index is 2.27. The van der Waals surface area contributed by atoms with Crippen LogP contribution in [0.25, 0.3) is 0 Å². The molecule has 1 aromatic carbocycles. The Bertz CT molecular complexity index is 670. The Morgan fingerprint density at radius 1 is 1.33 bits per heavy atom. The summed E-state index contributed by atoms with van der Waals surface area (Å²) >= 11 is 1.35. The molecule has 0 aliphatic heterocycles. The van der Waals surface area contributed by atoms with Gasteiger partial charge in [0.25, 0.3) is 5.69 Å². The number of nitrogen functional groups attached to an aromatic ring is 1. The molecule has 9 heteroatoms. The van der Waals surface area contributed by atoms with Gasteiger partial charge in [-0.15, -0.1) is 11.3 Å². The van der Waals surface area contributed by atoms with E-state index in [1.807, 2.05) is 0 Å². The van der Waals surface area contributed by atoms with Crippen molar-refractivity contribution in [2.24, 2.45) is 0 Å². The van der Waals surface area contributed by atoms with Gasteiger partial charge in [0.15, 0.2) is 0 Å². The van der Waals surface area contributed by atoms with Crippen molar-refractivity contribution < 1.29 is 18.1 Å². The number of hydrogen-bond donors (Lipinski definition) is 2. The third kappa shape index (κ3) is 3.43. The van der Waals surface area contributed by atoms with Crippen molar-refractivity contribution in [1.82, 2.24) is 0 Å². The van der Waals surface area contributed by atoms with Crippen LogP contribution in [0.1, 0.15) is 10.4 Å². The highest BCUT2D eigenvalue weighted by Gasteiger charge is 2.33. The van der Waals surface area contributed by atoms with Gasteiger partial charge in [-0.25, -0.2) is 0 Å². The van der Waals surface area contributed by atoms with Gasteiger partial charge in [-0.3, -0.25) is 10.1 Å². The highest BCUT2D eigenvalue weighted by Crippen LogP contribution is 2.35. The highest BCUT2D eigenvalue weighted by atomic mass is 32.1. The molecule has 0 unspecified atom stereocenters. The minimum Gasteiger partial charge on any atom is -0.398 e. The summed E-state index contributed by atoms with van der Waals surface area (Å²) in [5.41, 5.74) is 4.53. The second kappa shape index (κ2) is 5.60. The number of nitrogens with two attached hydrogens (primary N) is 1. The van der Waals surface area contributed by atoms with E-state index in [-0.39, 0.29) is 12.2 Å². The van der Waals surface area contributed by atoms with E-state index in [0.29, 0.717) is 11.8 Å². The largest absolute Gasteiger partial charge is 0.416 e. The summed E-state index contributed by atoms with van der Waals surface area (Å²) in [6.07, 6.45) is -4.62. The van der Waals surface area contributed by atoms with Crippen molar-refractivity contribution in [1.29, 1.82) is 0 Å². The van der Waals surface area contributed by atoms with Crippen molar-refractivity contribution in [3.05, 3.63) is 50.2 Å². The smallest absolute Gasteiger partial charge is 0.398 e. The zero-order valence-electron chi connectivity index (χ0n) is 10.5. The predicted octanol–water partition coefficient (Wildman–Crippen LogP) is 3.87. The topological polar surface area (TPSA) is 81.2 Å². The minimum atomic E-state index is -4.62. The number of rotatable bonds is 4. The molecule has 0 amide bonds. The lowest BCUT2D eigenvalue weighted by atomic mass is 10.1. The molecule has 112 valence electrons. The SMILES string of the molecule is Nc1ccsc1CNc1ccc(C(F)(F)F)cc1[N+](=O)[O-].